The van der Waals surface area contributed by atoms with Crippen LogP contribution in [-0.2, 0) is 28.6 Å². The number of carbonyl (C=O) groups excluding carboxylic acids is 3. The van der Waals surface area contributed by atoms with Crippen molar-refractivity contribution in [2.45, 2.75) is 297 Å². The number of hydrogen-bond acceptors (Lipinski definition) is 6. The summed E-state index contributed by atoms with van der Waals surface area (Å²) in [4.78, 5) is 38.2. The molecule has 6 nitrogen and oxygen atoms in total. The topological polar surface area (TPSA) is 78.9 Å². The van der Waals surface area contributed by atoms with Crippen LogP contribution in [0.25, 0.3) is 0 Å². The second-order valence-corrected chi connectivity index (χ2v) is 19.9. The molecular weight excluding hydrogens is 877 g/mol. The summed E-state index contributed by atoms with van der Waals surface area (Å²) in [6.45, 7) is 6.47. The quantitative estimate of drug-likeness (QED) is 0.0261. The zero-order valence-corrected chi connectivity index (χ0v) is 46.7. The van der Waals surface area contributed by atoms with Gasteiger partial charge in [0.05, 0.1) is 0 Å². The summed E-state index contributed by atoms with van der Waals surface area (Å²) >= 11 is 0. The summed E-state index contributed by atoms with van der Waals surface area (Å²) in [5, 5.41) is 0. The van der Waals surface area contributed by atoms with E-state index in [0.717, 1.165) is 89.9 Å². The van der Waals surface area contributed by atoms with Gasteiger partial charge in [-0.05, 0) is 83.5 Å². The van der Waals surface area contributed by atoms with Crippen molar-refractivity contribution in [3.05, 3.63) is 85.1 Å². The maximum atomic E-state index is 12.8. The molecule has 0 saturated heterocycles. The lowest BCUT2D eigenvalue weighted by molar-refractivity contribution is -0.166. The third kappa shape index (κ3) is 57.4. The number of esters is 3. The first-order chi connectivity index (χ1) is 35.0. The molecule has 71 heavy (non-hydrogen) atoms. The number of unbranched alkanes of at least 4 members (excludes halogenated alkanes) is 29. The van der Waals surface area contributed by atoms with Crippen LogP contribution in [0, 0.1) is 0 Å². The van der Waals surface area contributed by atoms with E-state index in [1.807, 2.05) is 6.08 Å². The molecule has 1 unspecified atom stereocenters. The molecule has 0 spiro atoms. The Kier molecular flexibility index (Phi) is 56.3. The first kappa shape index (κ1) is 67.6. The van der Waals surface area contributed by atoms with Gasteiger partial charge in [0.1, 0.15) is 13.2 Å². The Bertz CT molecular complexity index is 1370. The lowest BCUT2D eigenvalue weighted by atomic mass is 10.0. The van der Waals surface area contributed by atoms with Crippen molar-refractivity contribution >= 4 is 17.9 Å². The largest absolute Gasteiger partial charge is 0.462 e. The van der Waals surface area contributed by atoms with Crippen LogP contribution < -0.4 is 0 Å². The van der Waals surface area contributed by atoms with Crippen molar-refractivity contribution in [3.63, 3.8) is 0 Å². The van der Waals surface area contributed by atoms with E-state index in [9.17, 15) is 14.4 Å². The van der Waals surface area contributed by atoms with Gasteiger partial charge < -0.3 is 14.2 Å². The third-order valence-corrected chi connectivity index (χ3v) is 12.9. The van der Waals surface area contributed by atoms with Crippen LogP contribution in [0.15, 0.2) is 85.1 Å². The zero-order chi connectivity index (χ0) is 51.4. The van der Waals surface area contributed by atoms with Crippen molar-refractivity contribution in [1.82, 2.24) is 0 Å². The van der Waals surface area contributed by atoms with Gasteiger partial charge in [0.2, 0.25) is 0 Å². The van der Waals surface area contributed by atoms with Crippen molar-refractivity contribution < 1.29 is 28.6 Å². The SMILES string of the molecule is CC/C=C\C/C=C\C/C=C\C/C=C\C/C=C\C/C=C\CCC(=O)OC(COC(=O)CCCCCCC/C=C\CCCCCC)COC(=O)CCCCCCCCCCCCCCCCCCCCCCC. The molecule has 0 aliphatic rings. The minimum atomic E-state index is -0.819. The van der Waals surface area contributed by atoms with Gasteiger partial charge >= 0.3 is 17.9 Å². The molecule has 0 saturated carbocycles. The van der Waals surface area contributed by atoms with E-state index in [-0.39, 0.29) is 31.6 Å². The first-order valence-electron chi connectivity index (χ1n) is 30.1. The molecule has 408 valence electrons. The summed E-state index contributed by atoms with van der Waals surface area (Å²) in [6, 6.07) is 0. The van der Waals surface area contributed by atoms with Gasteiger partial charge in [0.15, 0.2) is 6.10 Å². The van der Waals surface area contributed by atoms with E-state index in [1.54, 1.807) is 0 Å². The Labute approximate surface area is 439 Å². The average Bonchev–Trinajstić information content (AvgIpc) is 3.37. The summed E-state index contributed by atoms with van der Waals surface area (Å²) in [6.07, 6.45) is 77.4. The van der Waals surface area contributed by atoms with Crippen LogP contribution in [0.5, 0.6) is 0 Å². The van der Waals surface area contributed by atoms with Crippen LogP contribution in [-0.4, -0.2) is 37.2 Å². The van der Waals surface area contributed by atoms with Crippen LogP contribution in [0.3, 0.4) is 0 Å². The number of hydrogen-bond donors (Lipinski definition) is 0. The van der Waals surface area contributed by atoms with E-state index < -0.39 is 12.1 Å². The van der Waals surface area contributed by atoms with Crippen LogP contribution in [0.2, 0.25) is 0 Å². The van der Waals surface area contributed by atoms with Crippen molar-refractivity contribution in [3.8, 4) is 0 Å². The average molecular weight is 990 g/mol. The van der Waals surface area contributed by atoms with E-state index in [1.165, 1.54) is 154 Å². The summed E-state index contributed by atoms with van der Waals surface area (Å²) in [5.41, 5.74) is 0. The van der Waals surface area contributed by atoms with Gasteiger partial charge in [-0.25, -0.2) is 0 Å². The molecule has 0 amide bonds. The monoisotopic (exact) mass is 989 g/mol. The molecule has 0 aromatic carbocycles. The predicted octanol–water partition coefficient (Wildman–Crippen LogP) is 20.3. The third-order valence-electron chi connectivity index (χ3n) is 12.9. The van der Waals surface area contributed by atoms with Crippen molar-refractivity contribution in [2.75, 3.05) is 13.2 Å². The molecule has 0 aromatic rings. The first-order valence-corrected chi connectivity index (χ1v) is 30.1. The van der Waals surface area contributed by atoms with Crippen LogP contribution in [0.1, 0.15) is 290 Å². The second-order valence-electron chi connectivity index (χ2n) is 19.9. The maximum Gasteiger partial charge on any atom is 0.306 e. The Morgan fingerprint density at radius 1 is 0.296 bits per heavy atom. The highest BCUT2D eigenvalue weighted by atomic mass is 16.6. The molecule has 0 aromatic heterocycles. The van der Waals surface area contributed by atoms with Gasteiger partial charge in [-0.1, -0.05) is 273 Å². The summed E-state index contributed by atoms with van der Waals surface area (Å²) in [5.74, 6) is -0.992. The van der Waals surface area contributed by atoms with Gasteiger partial charge in [-0.2, -0.15) is 0 Å². The van der Waals surface area contributed by atoms with E-state index in [0.29, 0.717) is 19.3 Å². The lowest BCUT2D eigenvalue weighted by Crippen LogP contribution is -2.30. The molecule has 0 N–H and O–H groups in total. The summed E-state index contributed by atoms with van der Waals surface area (Å²) in [7, 11) is 0. The second kappa shape index (κ2) is 59.2. The Balaban J connectivity index is 4.43. The molecule has 0 aliphatic carbocycles. The maximum absolute atomic E-state index is 12.8. The molecule has 1 atom stereocenters. The van der Waals surface area contributed by atoms with E-state index >= 15 is 0 Å². The van der Waals surface area contributed by atoms with Crippen LogP contribution in [0.4, 0.5) is 0 Å². The predicted molar refractivity (Wildman–Crippen MR) is 307 cm³/mol. The highest BCUT2D eigenvalue weighted by molar-refractivity contribution is 5.71. The van der Waals surface area contributed by atoms with E-state index in [4.69, 9.17) is 14.2 Å². The van der Waals surface area contributed by atoms with Gasteiger partial charge in [-0.15, -0.1) is 0 Å². The molecular formula is C65H112O6. The fourth-order valence-corrected chi connectivity index (χ4v) is 8.41. The Morgan fingerprint density at radius 3 is 0.930 bits per heavy atom. The molecule has 0 aliphatic heterocycles. The molecule has 0 fully saturated rings. The molecule has 0 radical (unpaired) electrons. The van der Waals surface area contributed by atoms with Crippen molar-refractivity contribution in [2.24, 2.45) is 0 Å². The highest BCUT2D eigenvalue weighted by Crippen LogP contribution is 2.16. The number of allylic oxidation sites excluding steroid dienone is 14. The summed E-state index contributed by atoms with van der Waals surface area (Å²) < 4.78 is 16.8. The van der Waals surface area contributed by atoms with Gasteiger partial charge in [0, 0.05) is 19.3 Å². The van der Waals surface area contributed by atoms with Crippen molar-refractivity contribution in [1.29, 1.82) is 0 Å². The fraction of sp³-hybridized carbons (Fsp3) is 0.738. The van der Waals surface area contributed by atoms with Gasteiger partial charge in [0.25, 0.3) is 0 Å². The molecule has 0 rings (SSSR count). The van der Waals surface area contributed by atoms with Crippen LogP contribution >= 0.6 is 0 Å². The number of ether oxygens (including phenoxy) is 3. The fourth-order valence-electron chi connectivity index (χ4n) is 8.41. The minimum absolute atomic E-state index is 0.107. The highest BCUT2D eigenvalue weighted by Gasteiger charge is 2.19. The Morgan fingerprint density at radius 2 is 0.577 bits per heavy atom. The molecule has 6 heteroatoms. The lowest BCUT2D eigenvalue weighted by Gasteiger charge is -2.18. The normalized spacial score (nSPS) is 12.7. The smallest absolute Gasteiger partial charge is 0.306 e. The Hall–Kier alpha value is -3.41. The standard InChI is InChI=1S/C65H112O6/c1-4-7-10-13-16-19-22-25-27-29-31-32-34-35-37-40-43-46-49-52-55-58-64(67)70-61-62(60-69-63(66)57-54-51-48-45-42-39-24-21-18-15-12-9-6-3)71-65(68)59-56-53-50-47-44-41-38-36-33-30-28-26-23-20-17-14-11-8-5-2/h8,11,17,20-21,24,26,28,33,36,41,44,50,53,62H,4-7,9-10,12-16,18-19,22-23,25,27,29-32,34-35,37-40,42-43,45-49,51-52,54-61H2,1-3H3/b11-8-,20-17-,24-21-,28-26-,36-33-,44-41-,53-50-. The number of carbonyl (C=O) groups is 3. The molecule has 0 heterocycles. The number of rotatable bonds is 54. The van der Waals surface area contributed by atoms with Gasteiger partial charge in [-0.3, -0.25) is 14.4 Å². The minimum Gasteiger partial charge on any atom is -0.462 e. The zero-order valence-electron chi connectivity index (χ0n) is 46.7. The van der Waals surface area contributed by atoms with E-state index in [2.05, 4.69) is 99.8 Å². The molecule has 0 bridgehead atoms.